The van der Waals surface area contributed by atoms with E-state index in [-0.39, 0.29) is 5.56 Å². The minimum Gasteiger partial charge on any atom is -0.296 e. The molecule has 0 aliphatic rings. The van der Waals surface area contributed by atoms with Crippen LogP contribution in [-0.2, 0) is 0 Å². The summed E-state index contributed by atoms with van der Waals surface area (Å²) in [6.07, 6.45) is -4.34. The van der Waals surface area contributed by atoms with Gasteiger partial charge in [0, 0.05) is 6.04 Å². The van der Waals surface area contributed by atoms with E-state index in [2.05, 4.69) is 5.32 Å². The average molecular weight is 293 g/mol. The van der Waals surface area contributed by atoms with Crippen molar-refractivity contribution < 1.29 is 13.2 Å². The van der Waals surface area contributed by atoms with E-state index in [1.165, 1.54) is 12.1 Å². The minimum atomic E-state index is -4.34. The van der Waals surface area contributed by atoms with Crippen molar-refractivity contribution in [2.75, 3.05) is 0 Å². The highest BCUT2D eigenvalue weighted by Gasteiger charge is 2.41. The Kier molecular flexibility index (Phi) is 4.68. The fourth-order valence-corrected chi connectivity index (χ4v) is 2.44. The van der Waals surface area contributed by atoms with Gasteiger partial charge in [0.15, 0.2) is 0 Å². The smallest absolute Gasteiger partial charge is 0.296 e. The predicted molar refractivity (Wildman–Crippen MR) is 78.0 cm³/mol. The number of alkyl halides is 3. The maximum Gasteiger partial charge on any atom is 0.407 e. The quantitative estimate of drug-likeness (QED) is 0.841. The van der Waals surface area contributed by atoms with E-state index in [1.807, 2.05) is 31.2 Å². The highest BCUT2D eigenvalue weighted by atomic mass is 19.4. The first-order valence-corrected chi connectivity index (χ1v) is 6.83. The van der Waals surface area contributed by atoms with Crippen molar-refractivity contribution in [2.24, 2.45) is 0 Å². The van der Waals surface area contributed by atoms with Gasteiger partial charge in [-0.15, -0.1) is 0 Å². The Morgan fingerprint density at radius 1 is 0.905 bits per heavy atom. The Balaban J connectivity index is 2.26. The number of rotatable bonds is 4. The zero-order valence-electron chi connectivity index (χ0n) is 12.0. The first-order valence-electron chi connectivity index (χ1n) is 6.83. The highest BCUT2D eigenvalue weighted by molar-refractivity contribution is 5.29. The maximum absolute atomic E-state index is 13.3. The summed E-state index contributed by atoms with van der Waals surface area (Å²) in [7, 11) is 0. The number of benzene rings is 2. The summed E-state index contributed by atoms with van der Waals surface area (Å²) in [5.74, 6) is 0. The molecule has 4 heteroatoms. The van der Waals surface area contributed by atoms with E-state index in [0.717, 1.165) is 11.1 Å². The Morgan fingerprint density at radius 2 is 1.48 bits per heavy atom. The molecule has 2 aromatic carbocycles. The second kappa shape index (κ2) is 6.31. The standard InChI is InChI=1S/C17H18F3N/c1-12-8-6-7-11-15(12)13(2)21-16(17(18,19)20)14-9-4-3-5-10-14/h3-11,13,16,21H,1-2H3/t13-,16?/m0/s1. The molecule has 2 rings (SSSR count). The summed E-state index contributed by atoms with van der Waals surface area (Å²) in [6, 6.07) is 13.3. The van der Waals surface area contributed by atoms with Crippen molar-refractivity contribution in [1.82, 2.24) is 5.32 Å². The summed E-state index contributed by atoms with van der Waals surface area (Å²) < 4.78 is 40.0. The van der Waals surface area contributed by atoms with Gasteiger partial charge in [0.1, 0.15) is 6.04 Å². The van der Waals surface area contributed by atoms with Gasteiger partial charge in [0.25, 0.3) is 0 Å². The van der Waals surface area contributed by atoms with Gasteiger partial charge in [0.2, 0.25) is 0 Å². The number of hydrogen-bond acceptors (Lipinski definition) is 1. The van der Waals surface area contributed by atoms with Gasteiger partial charge in [-0.05, 0) is 30.5 Å². The molecule has 21 heavy (non-hydrogen) atoms. The Hall–Kier alpha value is -1.81. The topological polar surface area (TPSA) is 12.0 Å². The van der Waals surface area contributed by atoms with Crippen LogP contribution in [0.2, 0.25) is 0 Å². The summed E-state index contributed by atoms with van der Waals surface area (Å²) in [5, 5.41) is 2.71. The van der Waals surface area contributed by atoms with Crippen molar-refractivity contribution >= 4 is 0 Å². The number of hydrogen-bond donors (Lipinski definition) is 1. The lowest BCUT2D eigenvalue weighted by atomic mass is 9.99. The van der Waals surface area contributed by atoms with Crippen molar-refractivity contribution in [3.63, 3.8) is 0 Å². The van der Waals surface area contributed by atoms with Crippen LogP contribution in [0.5, 0.6) is 0 Å². The van der Waals surface area contributed by atoms with Crippen LogP contribution >= 0.6 is 0 Å². The maximum atomic E-state index is 13.3. The third kappa shape index (κ3) is 3.85. The molecule has 1 N–H and O–H groups in total. The SMILES string of the molecule is Cc1ccccc1[C@H](C)NC(c1ccccc1)C(F)(F)F. The Morgan fingerprint density at radius 3 is 2.05 bits per heavy atom. The van der Waals surface area contributed by atoms with E-state index in [4.69, 9.17) is 0 Å². The summed E-state index contributed by atoms with van der Waals surface area (Å²) >= 11 is 0. The molecule has 1 nitrogen and oxygen atoms in total. The summed E-state index contributed by atoms with van der Waals surface area (Å²) in [4.78, 5) is 0. The molecule has 0 fully saturated rings. The van der Waals surface area contributed by atoms with Crippen LogP contribution in [0.1, 0.15) is 35.7 Å². The van der Waals surface area contributed by atoms with Crippen LogP contribution in [0.25, 0.3) is 0 Å². The third-order valence-electron chi connectivity index (χ3n) is 3.53. The van der Waals surface area contributed by atoms with Gasteiger partial charge in [-0.3, -0.25) is 5.32 Å². The van der Waals surface area contributed by atoms with Gasteiger partial charge >= 0.3 is 6.18 Å². The lowest BCUT2D eigenvalue weighted by Crippen LogP contribution is -2.36. The van der Waals surface area contributed by atoms with Gasteiger partial charge in [-0.25, -0.2) is 0 Å². The highest BCUT2D eigenvalue weighted by Crippen LogP contribution is 2.34. The Labute approximate surface area is 122 Å². The van der Waals surface area contributed by atoms with Crippen LogP contribution in [0.15, 0.2) is 54.6 Å². The van der Waals surface area contributed by atoms with Crippen LogP contribution in [0.3, 0.4) is 0 Å². The van der Waals surface area contributed by atoms with Gasteiger partial charge in [-0.2, -0.15) is 13.2 Å². The average Bonchev–Trinajstić information content (AvgIpc) is 2.44. The first kappa shape index (κ1) is 15.6. The fourth-order valence-electron chi connectivity index (χ4n) is 2.44. The predicted octanol–water partition coefficient (Wildman–Crippen LogP) is 4.95. The number of aryl methyl sites for hydroxylation is 1. The van der Waals surface area contributed by atoms with Crippen molar-refractivity contribution in [3.8, 4) is 0 Å². The second-order valence-corrected chi connectivity index (χ2v) is 5.13. The van der Waals surface area contributed by atoms with Gasteiger partial charge < -0.3 is 0 Å². The van der Waals surface area contributed by atoms with Crippen LogP contribution in [0, 0.1) is 6.92 Å². The number of halogens is 3. The molecule has 112 valence electrons. The normalized spacial score (nSPS) is 14.7. The van der Waals surface area contributed by atoms with Crippen molar-refractivity contribution in [2.45, 2.75) is 32.1 Å². The zero-order valence-corrected chi connectivity index (χ0v) is 12.0. The van der Waals surface area contributed by atoms with Gasteiger partial charge in [0.05, 0.1) is 0 Å². The molecule has 0 saturated carbocycles. The molecule has 0 saturated heterocycles. The monoisotopic (exact) mass is 293 g/mol. The minimum absolute atomic E-state index is 0.227. The molecule has 0 bridgehead atoms. The lowest BCUT2D eigenvalue weighted by Gasteiger charge is -2.27. The molecule has 0 spiro atoms. The zero-order chi connectivity index (χ0) is 15.5. The molecule has 1 unspecified atom stereocenters. The fraction of sp³-hybridized carbons (Fsp3) is 0.294. The van der Waals surface area contributed by atoms with Crippen LogP contribution in [0.4, 0.5) is 13.2 Å². The van der Waals surface area contributed by atoms with Crippen LogP contribution < -0.4 is 5.32 Å². The van der Waals surface area contributed by atoms with Crippen molar-refractivity contribution in [3.05, 3.63) is 71.3 Å². The van der Waals surface area contributed by atoms with E-state index >= 15 is 0 Å². The molecule has 0 aromatic heterocycles. The van der Waals surface area contributed by atoms with E-state index in [1.54, 1.807) is 25.1 Å². The largest absolute Gasteiger partial charge is 0.407 e. The molecule has 0 amide bonds. The number of nitrogens with one attached hydrogen (secondary N) is 1. The molecule has 0 radical (unpaired) electrons. The first-order chi connectivity index (χ1) is 9.89. The van der Waals surface area contributed by atoms with Gasteiger partial charge in [-0.1, -0.05) is 54.6 Å². The molecular weight excluding hydrogens is 275 g/mol. The van der Waals surface area contributed by atoms with Crippen molar-refractivity contribution in [1.29, 1.82) is 0 Å². The van der Waals surface area contributed by atoms with Crippen LogP contribution in [-0.4, -0.2) is 6.18 Å². The summed E-state index contributed by atoms with van der Waals surface area (Å²) in [6.45, 7) is 3.66. The molecule has 0 heterocycles. The third-order valence-corrected chi connectivity index (χ3v) is 3.53. The molecule has 0 aliphatic heterocycles. The van der Waals surface area contributed by atoms with E-state index in [0.29, 0.717) is 0 Å². The van der Waals surface area contributed by atoms with E-state index in [9.17, 15) is 13.2 Å². The second-order valence-electron chi connectivity index (χ2n) is 5.13. The summed E-state index contributed by atoms with van der Waals surface area (Å²) in [5.41, 5.74) is 2.08. The van der Waals surface area contributed by atoms with E-state index < -0.39 is 18.3 Å². The molecule has 0 aliphatic carbocycles. The molecular formula is C17H18F3N. The molecule has 2 atom stereocenters. The Bertz CT molecular complexity index is 578. The molecule has 2 aromatic rings. The lowest BCUT2D eigenvalue weighted by molar-refractivity contribution is -0.159.